The minimum Gasteiger partial charge on any atom is -0.493 e. The van der Waals surface area contributed by atoms with E-state index in [1.165, 1.54) is 0 Å². The lowest BCUT2D eigenvalue weighted by atomic mass is 9.84. The van der Waals surface area contributed by atoms with Crippen molar-refractivity contribution in [2.24, 2.45) is 10.8 Å². The first-order valence-electron chi connectivity index (χ1n) is 7.94. The van der Waals surface area contributed by atoms with Gasteiger partial charge in [-0.3, -0.25) is 0 Å². The van der Waals surface area contributed by atoms with E-state index < -0.39 is 0 Å². The molecule has 0 N–H and O–H groups in total. The summed E-state index contributed by atoms with van der Waals surface area (Å²) in [6.07, 6.45) is 1.12. The molecule has 2 heterocycles. The summed E-state index contributed by atoms with van der Waals surface area (Å²) in [7, 11) is 1.73. The van der Waals surface area contributed by atoms with Crippen LogP contribution in [0.4, 0.5) is 0 Å². The standard InChI is InChI=1S/C12H16O2.C6H12O2/c1-2-12(8-13-9-12)10-14-11-6-4-3-5-7-11;1-6(3-7-2)4-8-5-6/h3-7H,2,8-10H2,1H3;3-5H2,1-2H3. The zero-order valence-electron chi connectivity index (χ0n) is 14.0. The Bertz CT molecular complexity index is 418. The van der Waals surface area contributed by atoms with Crippen molar-refractivity contribution < 1.29 is 18.9 Å². The number of para-hydroxylation sites is 1. The maximum Gasteiger partial charge on any atom is 0.119 e. The highest BCUT2D eigenvalue weighted by Gasteiger charge is 2.37. The largest absolute Gasteiger partial charge is 0.493 e. The Morgan fingerprint density at radius 1 is 1.00 bits per heavy atom. The van der Waals surface area contributed by atoms with Gasteiger partial charge in [0.05, 0.1) is 45.1 Å². The third kappa shape index (κ3) is 4.70. The van der Waals surface area contributed by atoms with Gasteiger partial charge in [-0.1, -0.05) is 32.0 Å². The van der Waals surface area contributed by atoms with E-state index in [4.69, 9.17) is 18.9 Å². The molecule has 3 rings (SSSR count). The van der Waals surface area contributed by atoms with Gasteiger partial charge in [-0.25, -0.2) is 0 Å². The lowest BCUT2D eigenvalue weighted by Gasteiger charge is -2.40. The summed E-state index contributed by atoms with van der Waals surface area (Å²) in [5.41, 5.74) is 0.602. The number of benzene rings is 1. The monoisotopic (exact) mass is 308 g/mol. The smallest absolute Gasteiger partial charge is 0.119 e. The van der Waals surface area contributed by atoms with Crippen LogP contribution in [0.25, 0.3) is 0 Å². The molecule has 0 spiro atoms. The van der Waals surface area contributed by atoms with Crippen LogP contribution < -0.4 is 4.74 Å². The van der Waals surface area contributed by atoms with E-state index in [1.54, 1.807) is 7.11 Å². The molecular weight excluding hydrogens is 280 g/mol. The Morgan fingerprint density at radius 3 is 2.00 bits per heavy atom. The second-order valence-corrected chi connectivity index (χ2v) is 6.68. The third-order valence-electron chi connectivity index (χ3n) is 4.25. The number of methoxy groups -OCH3 is 1. The minimum absolute atomic E-state index is 0.274. The molecule has 0 aromatic heterocycles. The summed E-state index contributed by atoms with van der Waals surface area (Å²) in [5, 5.41) is 0. The van der Waals surface area contributed by atoms with E-state index >= 15 is 0 Å². The SMILES string of the molecule is CCC1(COc2ccccc2)COC1.COCC1(C)COC1. The highest BCUT2D eigenvalue weighted by Crippen LogP contribution is 2.31. The summed E-state index contributed by atoms with van der Waals surface area (Å²) in [6.45, 7) is 9.37. The second-order valence-electron chi connectivity index (χ2n) is 6.68. The van der Waals surface area contributed by atoms with E-state index in [0.29, 0.717) is 5.41 Å². The van der Waals surface area contributed by atoms with Gasteiger partial charge >= 0.3 is 0 Å². The predicted molar refractivity (Wildman–Crippen MR) is 86.3 cm³/mol. The van der Waals surface area contributed by atoms with Crippen molar-refractivity contribution in [3.8, 4) is 5.75 Å². The fraction of sp³-hybridized carbons (Fsp3) is 0.667. The lowest BCUT2D eigenvalue weighted by Crippen LogP contribution is -2.46. The lowest BCUT2D eigenvalue weighted by molar-refractivity contribution is -0.133. The topological polar surface area (TPSA) is 36.9 Å². The van der Waals surface area contributed by atoms with Crippen LogP contribution in [0.15, 0.2) is 30.3 Å². The maximum absolute atomic E-state index is 5.72. The van der Waals surface area contributed by atoms with Crippen molar-refractivity contribution in [3.63, 3.8) is 0 Å². The van der Waals surface area contributed by atoms with Gasteiger partial charge in [-0.2, -0.15) is 0 Å². The molecular formula is C18H28O4. The number of hydrogen-bond acceptors (Lipinski definition) is 4. The molecule has 0 atom stereocenters. The summed E-state index contributed by atoms with van der Waals surface area (Å²) in [4.78, 5) is 0. The van der Waals surface area contributed by atoms with Gasteiger partial charge in [-0.15, -0.1) is 0 Å². The molecule has 2 aliphatic rings. The first kappa shape index (κ1) is 17.3. The van der Waals surface area contributed by atoms with Gasteiger partial charge in [0.25, 0.3) is 0 Å². The number of rotatable bonds is 6. The maximum atomic E-state index is 5.72. The summed E-state index contributed by atoms with van der Waals surface area (Å²) in [5.74, 6) is 0.951. The molecule has 1 aromatic carbocycles. The van der Waals surface area contributed by atoms with Gasteiger partial charge in [0.1, 0.15) is 5.75 Å². The van der Waals surface area contributed by atoms with Crippen molar-refractivity contribution in [3.05, 3.63) is 30.3 Å². The Labute approximate surface area is 133 Å². The third-order valence-corrected chi connectivity index (χ3v) is 4.25. The number of hydrogen-bond donors (Lipinski definition) is 0. The van der Waals surface area contributed by atoms with Gasteiger partial charge < -0.3 is 18.9 Å². The van der Waals surface area contributed by atoms with Crippen LogP contribution in [0.3, 0.4) is 0 Å². The van der Waals surface area contributed by atoms with Crippen molar-refractivity contribution in [2.45, 2.75) is 20.3 Å². The highest BCUT2D eigenvalue weighted by molar-refractivity contribution is 5.21. The van der Waals surface area contributed by atoms with E-state index in [-0.39, 0.29) is 5.41 Å². The molecule has 22 heavy (non-hydrogen) atoms. The molecule has 0 aliphatic carbocycles. The van der Waals surface area contributed by atoms with Crippen molar-refractivity contribution in [1.29, 1.82) is 0 Å². The molecule has 4 nitrogen and oxygen atoms in total. The fourth-order valence-corrected chi connectivity index (χ4v) is 2.42. The van der Waals surface area contributed by atoms with Crippen LogP contribution >= 0.6 is 0 Å². The molecule has 2 fully saturated rings. The zero-order valence-corrected chi connectivity index (χ0v) is 14.0. The van der Waals surface area contributed by atoms with Gasteiger partial charge in [0.2, 0.25) is 0 Å². The first-order valence-corrected chi connectivity index (χ1v) is 7.94. The molecule has 2 aliphatic heterocycles. The first-order chi connectivity index (χ1) is 10.6. The Hall–Kier alpha value is -1.10. The highest BCUT2D eigenvalue weighted by atomic mass is 16.5. The average Bonchev–Trinajstić information content (AvgIpc) is 2.47. The Morgan fingerprint density at radius 2 is 1.64 bits per heavy atom. The molecule has 1 aromatic rings. The van der Waals surface area contributed by atoms with Crippen molar-refractivity contribution in [1.82, 2.24) is 0 Å². The van der Waals surface area contributed by atoms with Crippen molar-refractivity contribution >= 4 is 0 Å². The van der Waals surface area contributed by atoms with Gasteiger partial charge in [0.15, 0.2) is 0 Å². The molecule has 0 unspecified atom stereocenters. The minimum atomic E-state index is 0.274. The van der Waals surface area contributed by atoms with Crippen LogP contribution in [0.2, 0.25) is 0 Å². The fourth-order valence-electron chi connectivity index (χ4n) is 2.42. The summed E-state index contributed by atoms with van der Waals surface area (Å²) >= 11 is 0. The van der Waals surface area contributed by atoms with E-state index in [1.807, 2.05) is 30.3 Å². The molecule has 0 bridgehead atoms. The van der Waals surface area contributed by atoms with Crippen molar-refractivity contribution in [2.75, 3.05) is 46.8 Å². The average molecular weight is 308 g/mol. The molecule has 0 radical (unpaired) electrons. The van der Waals surface area contributed by atoms with Crippen LogP contribution in [0.5, 0.6) is 5.75 Å². The Balaban J connectivity index is 0.000000188. The predicted octanol–water partition coefficient (Wildman–Crippen LogP) is 3.16. The molecule has 0 amide bonds. The molecule has 2 saturated heterocycles. The zero-order chi connectivity index (χ0) is 15.9. The van der Waals surface area contributed by atoms with Crippen LogP contribution in [-0.2, 0) is 14.2 Å². The Kier molecular flexibility index (Phi) is 6.24. The van der Waals surface area contributed by atoms with Gasteiger partial charge in [-0.05, 0) is 18.6 Å². The molecule has 0 saturated carbocycles. The van der Waals surface area contributed by atoms with E-state index in [9.17, 15) is 0 Å². The summed E-state index contributed by atoms with van der Waals surface area (Å²) < 4.78 is 20.9. The van der Waals surface area contributed by atoms with Crippen LogP contribution in [0, 0.1) is 10.8 Å². The van der Waals surface area contributed by atoms with E-state index in [2.05, 4.69) is 13.8 Å². The number of ether oxygens (including phenoxy) is 4. The molecule has 4 heteroatoms. The normalized spacial score (nSPS) is 20.9. The summed E-state index contributed by atoms with van der Waals surface area (Å²) in [6, 6.07) is 9.96. The van der Waals surface area contributed by atoms with Crippen LogP contribution in [0.1, 0.15) is 20.3 Å². The van der Waals surface area contributed by atoms with Crippen LogP contribution in [-0.4, -0.2) is 46.8 Å². The van der Waals surface area contributed by atoms with Gasteiger partial charge in [0, 0.05) is 12.5 Å². The quantitative estimate of drug-likeness (QED) is 0.809. The van der Waals surface area contributed by atoms with E-state index in [0.717, 1.165) is 51.8 Å². The molecule has 124 valence electrons. The second kappa shape index (κ2) is 7.95.